The number of benzene rings is 1. The number of ketones is 1. The molecule has 0 bridgehead atoms. The quantitative estimate of drug-likeness (QED) is 0.470. The fourth-order valence-corrected chi connectivity index (χ4v) is 1.82. The van der Waals surface area contributed by atoms with E-state index in [9.17, 15) is 14.0 Å². The fraction of sp³-hybridized carbons (Fsp3) is 0.167. The van der Waals surface area contributed by atoms with Gasteiger partial charge in [-0.15, -0.1) is 11.6 Å². The van der Waals surface area contributed by atoms with Crippen LogP contribution >= 0.6 is 11.6 Å². The first-order chi connectivity index (χ1) is 8.15. The van der Waals surface area contributed by atoms with E-state index in [-0.39, 0.29) is 12.1 Å². The number of hydrogen-bond acceptors (Lipinski definition) is 2. The lowest BCUT2D eigenvalue weighted by Gasteiger charge is -2.13. The third kappa shape index (κ3) is 2.08. The van der Waals surface area contributed by atoms with Crippen molar-refractivity contribution in [2.24, 2.45) is 0 Å². The Kier molecular flexibility index (Phi) is 3.24. The van der Waals surface area contributed by atoms with Crippen LogP contribution in [0.4, 0.5) is 10.1 Å². The van der Waals surface area contributed by atoms with Gasteiger partial charge in [-0.3, -0.25) is 9.59 Å². The van der Waals surface area contributed by atoms with E-state index in [0.717, 1.165) is 0 Å². The smallest absolute Gasteiger partial charge is 0.299 e. The van der Waals surface area contributed by atoms with Crippen molar-refractivity contribution in [2.75, 3.05) is 17.3 Å². The number of rotatable bonds is 3. The van der Waals surface area contributed by atoms with Crippen LogP contribution in [0.15, 0.2) is 30.4 Å². The molecule has 1 aliphatic rings. The van der Waals surface area contributed by atoms with Crippen molar-refractivity contribution in [3.8, 4) is 0 Å². The summed E-state index contributed by atoms with van der Waals surface area (Å²) in [6.07, 6.45) is 3.33. The van der Waals surface area contributed by atoms with Crippen molar-refractivity contribution in [3.63, 3.8) is 0 Å². The number of alkyl halides is 1. The second-order valence-electron chi connectivity index (χ2n) is 3.53. The number of anilines is 1. The Morgan fingerprint density at radius 3 is 2.76 bits per heavy atom. The Bertz CT molecular complexity index is 513. The molecule has 5 heteroatoms. The molecule has 0 N–H and O–H groups in total. The molecule has 0 aromatic heterocycles. The molecule has 1 aliphatic heterocycles. The molecular weight excluding hydrogens is 245 g/mol. The predicted molar refractivity (Wildman–Crippen MR) is 62.9 cm³/mol. The lowest BCUT2D eigenvalue weighted by atomic mass is 10.1. The van der Waals surface area contributed by atoms with Gasteiger partial charge in [0.15, 0.2) is 0 Å². The SMILES string of the molecule is O=C1C(=O)N(CC=CCCl)c2cc(F)ccc21. The molecule has 1 aromatic carbocycles. The maximum absolute atomic E-state index is 13.1. The molecule has 0 aliphatic carbocycles. The zero-order chi connectivity index (χ0) is 12.4. The highest BCUT2D eigenvalue weighted by Crippen LogP contribution is 2.29. The molecule has 0 atom stereocenters. The van der Waals surface area contributed by atoms with Crippen molar-refractivity contribution >= 4 is 29.0 Å². The lowest BCUT2D eigenvalue weighted by Crippen LogP contribution is -2.29. The molecule has 0 fully saturated rings. The van der Waals surface area contributed by atoms with E-state index < -0.39 is 17.5 Å². The van der Waals surface area contributed by atoms with E-state index in [2.05, 4.69) is 0 Å². The summed E-state index contributed by atoms with van der Waals surface area (Å²) < 4.78 is 13.1. The number of fused-ring (bicyclic) bond motifs is 1. The summed E-state index contributed by atoms with van der Waals surface area (Å²) in [4.78, 5) is 24.5. The highest BCUT2D eigenvalue weighted by Gasteiger charge is 2.35. The summed E-state index contributed by atoms with van der Waals surface area (Å²) in [5.41, 5.74) is 0.565. The minimum Gasteiger partial charge on any atom is -0.301 e. The number of hydrogen-bond donors (Lipinski definition) is 0. The van der Waals surface area contributed by atoms with Gasteiger partial charge in [0, 0.05) is 12.4 Å². The molecule has 17 heavy (non-hydrogen) atoms. The first-order valence-corrected chi connectivity index (χ1v) is 5.55. The zero-order valence-corrected chi connectivity index (χ0v) is 9.58. The van der Waals surface area contributed by atoms with Gasteiger partial charge in [0.25, 0.3) is 11.7 Å². The minimum absolute atomic E-state index is 0.216. The van der Waals surface area contributed by atoms with Crippen LogP contribution in [-0.2, 0) is 4.79 Å². The fourth-order valence-electron chi connectivity index (χ4n) is 1.69. The van der Waals surface area contributed by atoms with Crippen molar-refractivity contribution < 1.29 is 14.0 Å². The number of halogens is 2. The van der Waals surface area contributed by atoms with Crippen LogP contribution in [-0.4, -0.2) is 24.1 Å². The van der Waals surface area contributed by atoms with E-state index >= 15 is 0 Å². The maximum atomic E-state index is 13.1. The number of Topliss-reactive ketones (excluding diaryl/α,β-unsaturated/α-hetero) is 1. The standard InChI is InChI=1S/C12H9ClFNO2/c13-5-1-2-6-15-10-7-8(14)3-4-9(10)11(16)12(15)17/h1-4,7H,5-6H2. The molecule has 0 radical (unpaired) electrons. The van der Waals surface area contributed by atoms with Gasteiger partial charge in [0.1, 0.15) is 5.82 Å². The first kappa shape index (κ1) is 11.8. The molecule has 1 aromatic rings. The summed E-state index contributed by atoms with van der Waals surface area (Å²) in [5, 5.41) is 0. The van der Waals surface area contributed by atoms with Gasteiger partial charge in [0.2, 0.25) is 0 Å². The summed E-state index contributed by atoms with van der Waals surface area (Å²) in [6.45, 7) is 0.216. The Balaban J connectivity index is 2.36. The molecule has 1 heterocycles. The predicted octanol–water partition coefficient (Wildman–Crippen LogP) is 2.15. The van der Waals surface area contributed by atoms with Crippen LogP contribution in [0.5, 0.6) is 0 Å². The minimum atomic E-state index is -0.634. The lowest BCUT2D eigenvalue weighted by molar-refractivity contribution is -0.114. The Labute approximate surface area is 102 Å². The summed E-state index contributed by atoms with van der Waals surface area (Å²) >= 11 is 5.46. The Hall–Kier alpha value is -1.68. The largest absolute Gasteiger partial charge is 0.301 e. The third-order valence-corrected chi connectivity index (χ3v) is 2.66. The average molecular weight is 254 g/mol. The van der Waals surface area contributed by atoms with E-state index in [0.29, 0.717) is 11.6 Å². The number of nitrogens with zero attached hydrogens (tertiary/aromatic N) is 1. The van der Waals surface area contributed by atoms with Crippen LogP contribution in [0, 0.1) is 5.82 Å². The number of carbonyl (C=O) groups excluding carboxylic acids is 2. The average Bonchev–Trinajstić information content (AvgIpc) is 2.54. The van der Waals surface area contributed by atoms with Crippen molar-refractivity contribution in [3.05, 3.63) is 41.7 Å². The van der Waals surface area contributed by atoms with Gasteiger partial charge in [-0.1, -0.05) is 12.2 Å². The van der Waals surface area contributed by atoms with E-state index in [1.165, 1.54) is 23.1 Å². The molecule has 0 saturated carbocycles. The number of carbonyl (C=O) groups is 2. The normalized spacial score (nSPS) is 14.8. The van der Waals surface area contributed by atoms with Crippen LogP contribution in [0.1, 0.15) is 10.4 Å². The maximum Gasteiger partial charge on any atom is 0.299 e. The highest BCUT2D eigenvalue weighted by atomic mass is 35.5. The van der Waals surface area contributed by atoms with E-state index in [1.807, 2.05) is 0 Å². The highest BCUT2D eigenvalue weighted by molar-refractivity contribution is 6.52. The topological polar surface area (TPSA) is 37.4 Å². The third-order valence-electron chi connectivity index (χ3n) is 2.48. The van der Waals surface area contributed by atoms with E-state index in [4.69, 9.17) is 11.6 Å². The van der Waals surface area contributed by atoms with Crippen molar-refractivity contribution in [2.45, 2.75) is 0 Å². The monoisotopic (exact) mass is 253 g/mol. The Morgan fingerprint density at radius 1 is 1.29 bits per heavy atom. The van der Waals surface area contributed by atoms with Gasteiger partial charge in [-0.05, 0) is 18.2 Å². The van der Waals surface area contributed by atoms with Gasteiger partial charge >= 0.3 is 0 Å². The number of allylic oxidation sites excluding steroid dienone is 1. The van der Waals surface area contributed by atoms with Crippen LogP contribution in [0.3, 0.4) is 0 Å². The van der Waals surface area contributed by atoms with Gasteiger partial charge in [-0.25, -0.2) is 4.39 Å². The second-order valence-corrected chi connectivity index (χ2v) is 3.84. The van der Waals surface area contributed by atoms with Crippen LogP contribution < -0.4 is 4.90 Å². The molecule has 2 rings (SSSR count). The van der Waals surface area contributed by atoms with E-state index in [1.54, 1.807) is 12.2 Å². The summed E-state index contributed by atoms with van der Waals surface area (Å²) in [7, 11) is 0. The molecule has 88 valence electrons. The molecular formula is C12H9ClFNO2. The van der Waals surface area contributed by atoms with Crippen LogP contribution in [0.25, 0.3) is 0 Å². The van der Waals surface area contributed by atoms with Crippen molar-refractivity contribution in [1.82, 2.24) is 0 Å². The zero-order valence-electron chi connectivity index (χ0n) is 8.82. The first-order valence-electron chi connectivity index (χ1n) is 5.02. The molecule has 0 unspecified atom stereocenters. The Morgan fingerprint density at radius 2 is 2.06 bits per heavy atom. The molecule has 0 saturated heterocycles. The second kappa shape index (κ2) is 4.67. The molecule has 0 spiro atoms. The van der Waals surface area contributed by atoms with Crippen molar-refractivity contribution in [1.29, 1.82) is 0 Å². The number of amides is 1. The molecule has 3 nitrogen and oxygen atoms in total. The van der Waals surface area contributed by atoms with Crippen LogP contribution in [0.2, 0.25) is 0 Å². The van der Waals surface area contributed by atoms with Gasteiger partial charge in [0.05, 0.1) is 11.3 Å². The van der Waals surface area contributed by atoms with Gasteiger partial charge < -0.3 is 4.90 Å². The summed E-state index contributed by atoms with van der Waals surface area (Å²) in [5.74, 6) is -1.38. The molecule has 1 amide bonds. The summed E-state index contributed by atoms with van der Waals surface area (Å²) in [6, 6.07) is 3.69. The van der Waals surface area contributed by atoms with Gasteiger partial charge in [-0.2, -0.15) is 0 Å².